The van der Waals surface area contributed by atoms with Gasteiger partial charge in [-0.25, -0.2) is 12.8 Å². The Kier molecular flexibility index (Phi) is 10.1. The molecule has 3 aromatic rings. The number of hydrogen-bond acceptors (Lipinski definition) is 5. The van der Waals surface area contributed by atoms with Crippen LogP contribution in [0.15, 0.2) is 76.1 Å². The molecule has 0 bridgehead atoms. The van der Waals surface area contributed by atoms with Gasteiger partial charge in [0.2, 0.25) is 11.8 Å². The van der Waals surface area contributed by atoms with Gasteiger partial charge in [-0.15, -0.1) is 0 Å². The van der Waals surface area contributed by atoms with Crippen molar-refractivity contribution in [2.75, 3.05) is 25.0 Å². The van der Waals surface area contributed by atoms with Crippen LogP contribution >= 0.6 is 15.9 Å². The average Bonchev–Trinajstić information content (AvgIpc) is 2.92. The number of ether oxygens (including phenoxy) is 1. The molecule has 0 aromatic heterocycles. The number of nitrogens with one attached hydrogen (secondary N) is 1. The van der Waals surface area contributed by atoms with E-state index in [4.69, 9.17) is 4.74 Å². The molecule has 0 saturated heterocycles. The molecule has 11 heteroatoms. The molecule has 8 nitrogen and oxygen atoms in total. The van der Waals surface area contributed by atoms with Crippen LogP contribution in [-0.4, -0.2) is 51.9 Å². The number of amides is 2. The number of aryl methyl sites for hydroxylation is 1. The highest BCUT2D eigenvalue weighted by molar-refractivity contribution is 9.10. The third-order valence-corrected chi connectivity index (χ3v) is 8.60. The van der Waals surface area contributed by atoms with Crippen LogP contribution in [-0.2, 0) is 26.2 Å². The maximum atomic E-state index is 13.9. The molecule has 3 rings (SSSR count). The van der Waals surface area contributed by atoms with Crippen molar-refractivity contribution < 1.29 is 27.1 Å². The second kappa shape index (κ2) is 13.1. The molecule has 1 N–H and O–H groups in total. The zero-order valence-electron chi connectivity index (χ0n) is 22.1. The minimum atomic E-state index is -4.23. The highest BCUT2D eigenvalue weighted by Crippen LogP contribution is 2.31. The smallest absolute Gasteiger partial charge is 0.264 e. The normalized spacial score (nSPS) is 11.9. The van der Waals surface area contributed by atoms with E-state index in [1.807, 2.05) is 6.92 Å². The Bertz CT molecular complexity index is 1420. The zero-order chi connectivity index (χ0) is 28.7. The second-order valence-electron chi connectivity index (χ2n) is 8.83. The van der Waals surface area contributed by atoms with Gasteiger partial charge in [0.05, 0.1) is 22.2 Å². The Labute approximate surface area is 236 Å². The third-order valence-electron chi connectivity index (χ3n) is 6.21. The van der Waals surface area contributed by atoms with Crippen molar-refractivity contribution >= 4 is 43.5 Å². The Balaban J connectivity index is 2.07. The molecular weight excluding hydrogens is 589 g/mol. The fraction of sp³-hybridized carbons (Fsp3) is 0.286. The molecule has 0 spiro atoms. The molecule has 0 fully saturated rings. The quantitative estimate of drug-likeness (QED) is 0.337. The Morgan fingerprint density at radius 1 is 1.05 bits per heavy atom. The van der Waals surface area contributed by atoms with Crippen molar-refractivity contribution in [3.05, 3.63) is 88.1 Å². The first-order valence-electron chi connectivity index (χ1n) is 12.2. The maximum Gasteiger partial charge on any atom is 0.264 e. The van der Waals surface area contributed by atoms with Gasteiger partial charge in [0.15, 0.2) is 0 Å². The molecular formula is C28H31BrFN3O5S. The standard InChI is InChI=1S/C28H31BrFN3O5S/c1-5-25(28(35)31-3)32(17-20-8-10-21(30)11-9-20)27(34)18-33(22-12-6-19(2)7-13-22)39(36,37)23-14-15-26(38-4)24(29)16-23/h6-16,25H,5,17-18H2,1-4H3,(H,31,35)/t25-/m1/s1. The van der Waals surface area contributed by atoms with Gasteiger partial charge in [0, 0.05) is 13.6 Å². The number of carbonyl (C=O) groups excluding carboxylic acids is 2. The molecule has 0 aliphatic rings. The van der Waals surface area contributed by atoms with Gasteiger partial charge >= 0.3 is 0 Å². The number of benzene rings is 3. The summed E-state index contributed by atoms with van der Waals surface area (Å²) >= 11 is 3.33. The van der Waals surface area contributed by atoms with E-state index in [9.17, 15) is 22.4 Å². The summed E-state index contributed by atoms with van der Waals surface area (Å²) in [6, 6.07) is 15.8. The molecule has 0 aliphatic carbocycles. The summed E-state index contributed by atoms with van der Waals surface area (Å²) in [6.07, 6.45) is 0.287. The number of rotatable bonds is 11. The second-order valence-corrected chi connectivity index (χ2v) is 11.5. The SMILES string of the molecule is CC[C@H](C(=O)NC)N(Cc1ccc(F)cc1)C(=O)CN(c1ccc(C)cc1)S(=O)(=O)c1ccc(OC)c(Br)c1. The minimum Gasteiger partial charge on any atom is -0.496 e. The molecule has 3 aromatic carbocycles. The van der Waals surface area contributed by atoms with Crippen molar-refractivity contribution in [2.24, 2.45) is 0 Å². The van der Waals surface area contributed by atoms with Gasteiger partial charge in [0.25, 0.3) is 10.0 Å². The monoisotopic (exact) mass is 619 g/mol. The Morgan fingerprint density at radius 2 is 1.69 bits per heavy atom. The lowest BCUT2D eigenvalue weighted by Crippen LogP contribution is -2.51. The lowest BCUT2D eigenvalue weighted by atomic mass is 10.1. The van der Waals surface area contributed by atoms with Crippen molar-refractivity contribution in [3.8, 4) is 5.75 Å². The number of nitrogens with zero attached hydrogens (tertiary/aromatic N) is 2. The van der Waals surface area contributed by atoms with Crippen LogP contribution in [0.2, 0.25) is 0 Å². The first-order valence-corrected chi connectivity index (χ1v) is 14.4. The summed E-state index contributed by atoms with van der Waals surface area (Å²) in [5.41, 5.74) is 1.80. The first kappa shape index (κ1) is 30.1. The summed E-state index contributed by atoms with van der Waals surface area (Å²) < 4.78 is 48.1. The summed E-state index contributed by atoms with van der Waals surface area (Å²) in [7, 11) is -1.29. The Hall–Kier alpha value is -3.44. The summed E-state index contributed by atoms with van der Waals surface area (Å²) in [5, 5.41) is 2.57. The zero-order valence-corrected chi connectivity index (χ0v) is 24.6. The number of carbonyl (C=O) groups is 2. The Morgan fingerprint density at radius 3 is 2.23 bits per heavy atom. The van der Waals surface area contributed by atoms with Crippen LogP contribution in [0.5, 0.6) is 5.75 Å². The van der Waals surface area contributed by atoms with Gasteiger partial charge in [-0.2, -0.15) is 0 Å². The number of halogens is 2. The molecule has 0 saturated carbocycles. The molecule has 0 aliphatic heterocycles. The topological polar surface area (TPSA) is 96.0 Å². The highest BCUT2D eigenvalue weighted by Gasteiger charge is 2.33. The minimum absolute atomic E-state index is 0.0130. The molecule has 1 atom stereocenters. The van der Waals surface area contributed by atoms with E-state index in [1.54, 1.807) is 31.2 Å². The van der Waals surface area contributed by atoms with E-state index in [2.05, 4.69) is 21.2 Å². The van der Waals surface area contributed by atoms with E-state index >= 15 is 0 Å². The predicted octanol–water partition coefficient (Wildman–Crippen LogP) is 4.65. The molecule has 39 heavy (non-hydrogen) atoms. The lowest BCUT2D eigenvalue weighted by Gasteiger charge is -2.33. The van der Waals surface area contributed by atoms with Crippen LogP contribution < -0.4 is 14.4 Å². The van der Waals surface area contributed by atoms with Crippen LogP contribution in [0.1, 0.15) is 24.5 Å². The highest BCUT2D eigenvalue weighted by atomic mass is 79.9. The van der Waals surface area contributed by atoms with Crippen molar-refractivity contribution in [2.45, 2.75) is 37.8 Å². The van der Waals surface area contributed by atoms with Gasteiger partial charge < -0.3 is 15.0 Å². The molecule has 0 radical (unpaired) electrons. The fourth-order valence-electron chi connectivity index (χ4n) is 4.05. The van der Waals surface area contributed by atoms with Gasteiger partial charge in [-0.05, 0) is 77.3 Å². The molecule has 0 heterocycles. The predicted molar refractivity (Wildman–Crippen MR) is 152 cm³/mol. The van der Waals surface area contributed by atoms with Crippen molar-refractivity contribution in [1.82, 2.24) is 10.2 Å². The number of sulfonamides is 1. The number of anilines is 1. The van der Waals surface area contributed by atoms with Gasteiger partial charge in [-0.3, -0.25) is 13.9 Å². The average molecular weight is 621 g/mol. The summed E-state index contributed by atoms with van der Waals surface area (Å²) in [4.78, 5) is 27.9. The van der Waals surface area contributed by atoms with Gasteiger partial charge in [0.1, 0.15) is 24.2 Å². The first-order chi connectivity index (χ1) is 18.5. The lowest BCUT2D eigenvalue weighted by molar-refractivity contribution is -0.140. The number of methoxy groups -OCH3 is 1. The van der Waals surface area contributed by atoms with E-state index in [-0.39, 0.29) is 23.5 Å². The number of hydrogen-bond donors (Lipinski definition) is 1. The maximum absolute atomic E-state index is 13.9. The van der Waals surface area contributed by atoms with E-state index in [1.165, 1.54) is 61.5 Å². The van der Waals surface area contributed by atoms with E-state index in [0.717, 1.165) is 9.87 Å². The van der Waals surface area contributed by atoms with Crippen LogP contribution in [0, 0.1) is 12.7 Å². The molecule has 2 amide bonds. The number of likely N-dealkylation sites (N-methyl/N-ethyl adjacent to an activating group) is 1. The van der Waals surface area contributed by atoms with Gasteiger partial charge in [-0.1, -0.05) is 36.8 Å². The van der Waals surface area contributed by atoms with Crippen LogP contribution in [0.4, 0.5) is 10.1 Å². The third kappa shape index (κ3) is 7.15. The van der Waals surface area contributed by atoms with E-state index < -0.39 is 40.2 Å². The van der Waals surface area contributed by atoms with Crippen LogP contribution in [0.25, 0.3) is 0 Å². The van der Waals surface area contributed by atoms with Crippen molar-refractivity contribution in [1.29, 1.82) is 0 Å². The summed E-state index contributed by atoms with van der Waals surface area (Å²) in [5.74, 6) is -0.964. The largest absolute Gasteiger partial charge is 0.496 e. The van der Waals surface area contributed by atoms with Crippen molar-refractivity contribution in [3.63, 3.8) is 0 Å². The fourth-order valence-corrected chi connectivity index (χ4v) is 6.18. The summed E-state index contributed by atoms with van der Waals surface area (Å²) in [6.45, 7) is 3.05. The van der Waals surface area contributed by atoms with Crippen LogP contribution in [0.3, 0.4) is 0 Å². The molecule has 0 unspecified atom stereocenters. The molecule has 208 valence electrons. The van der Waals surface area contributed by atoms with E-state index in [0.29, 0.717) is 15.8 Å².